The molecular formula is C8H11F7O4S. The quantitative estimate of drug-likeness (QED) is 0.598. The zero-order chi connectivity index (χ0) is 16.6. The van der Waals surface area contributed by atoms with Crippen LogP contribution in [-0.4, -0.2) is 42.5 Å². The minimum atomic E-state index is -6.42. The Morgan fingerprint density at radius 2 is 1.40 bits per heavy atom. The lowest BCUT2D eigenvalue weighted by molar-refractivity contribution is -0.269. The van der Waals surface area contributed by atoms with E-state index in [1.807, 2.05) is 0 Å². The smallest absolute Gasteiger partial charge is 0.366 e. The van der Waals surface area contributed by atoms with Crippen LogP contribution in [0, 0.1) is 0 Å². The summed E-state index contributed by atoms with van der Waals surface area (Å²) >= 11 is 0. The van der Waals surface area contributed by atoms with Gasteiger partial charge in [-0.2, -0.15) is 39.2 Å². The van der Waals surface area contributed by atoms with Crippen molar-refractivity contribution >= 4 is 10.1 Å². The molecule has 0 amide bonds. The van der Waals surface area contributed by atoms with E-state index in [-0.39, 0.29) is 0 Å². The van der Waals surface area contributed by atoms with Gasteiger partial charge < -0.3 is 4.74 Å². The van der Waals surface area contributed by atoms with E-state index >= 15 is 0 Å². The Balaban J connectivity index is 4.85. The van der Waals surface area contributed by atoms with Crippen molar-refractivity contribution in [2.75, 3.05) is 6.61 Å². The molecule has 0 saturated carbocycles. The van der Waals surface area contributed by atoms with Crippen LogP contribution in [0.2, 0.25) is 0 Å². The van der Waals surface area contributed by atoms with Gasteiger partial charge in [-0.15, -0.1) is 0 Å². The van der Waals surface area contributed by atoms with Gasteiger partial charge >= 0.3 is 27.5 Å². The van der Waals surface area contributed by atoms with Crippen LogP contribution < -0.4 is 0 Å². The summed E-state index contributed by atoms with van der Waals surface area (Å²) in [6.07, 6.45) is -6.97. The van der Waals surface area contributed by atoms with Crippen LogP contribution in [0.25, 0.3) is 0 Å². The molecule has 0 spiro atoms. The van der Waals surface area contributed by atoms with E-state index < -0.39 is 46.1 Å². The first kappa shape index (κ1) is 19.4. The van der Waals surface area contributed by atoms with Crippen LogP contribution in [-0.2, 0) is 14.9 Å². The third kappa shape index (κ3) is 3.95. The minimum Gasteiger partial charge on any atom is -0.366 e. The highest BCUT2D eigenvalue weighted by Gasteiger charge is 2.65. The third-order valence-electron chi connectivity index (χ3n) is 2.31. The molecule has 0 rings (SSSR count). The lowest BCUT2D eigenvalue weighted by Crippen LogP contribution is -2.48. The van der Waals surface area contributed by atoms with Crippen molar-refractivity contribution in [3.63, 3.8) is 0 Å². The van der Waals surface area contributed by atoms with Gasteiger partial charge in [-0.25, -0.2) is 0 Å². The van der Waals surface area contributed by atoms with E-state index in [1.165, 1.54) is 0 Å². The van der Waals surface area contributed by atoms with Gasteiger partial charge in [0.2, 0.25) is 0 Å². The molecule has 0 saturated heterocycles. The van der Waals surface area contributed by atoms with Crippen molar-refractivity contribution < 1.29 is 48.4 Å². The number of rotatable bonds is 6. The second-order valence-electron chi connectivity index (χ2n) is 4.30. The summed E-state index contributed by atoms with van der Waals surface area (Å²) in [4.78, 5) is 0. The molecule has 0 aliphatic rings. The predicted molar refractivity (Wildman–Crippen MR) is 52.1 cm³/mol. The minimum absolute atomic E-state index is 0.478. The van der Waals surface area contributed by atoms with Gasteiger partial charge in [-0.1, -0.05) is 0 Å². The molecule has 20 heavy (non-hydrogen) atoms. The first-order chi connectivity index (χ1) is 8.46. The molecule has 0 aromatic rings. The van der Waals surface area contributed by atoms with Gasteiger partial charge in [0, 0.05) is 6.42 Å². The fraction of sp³-hybridized carbons (Fsp3) is 1.00. The van der Waals surface area contributed by atoms with Crippen LogP contribution >= 0.6 is 0 Å². The predicted octanol–water partition coefficient (Wildman–Crippen LogP) is 2.85. The number of hydrogen-bond donors (Lipinski definition) is 1. The molecule has 0 heterocycles. The largest absolute Gasteiger partial charge is 0.431 e. The molecule has 0 aromatic carbocycles. The fourth-order valence-electron chi connectivity index (χ4n) is 0.850. The summed E-state index contributed by atoms with van der Waals surface area (Å²) < 4.78 is 120. The average molecular weight is 336 g/mol. The van der Waals surface area contributed by atoms with E-state index in [0.717, 1.165) is 0 Å². The highest BCUT2D eigenvalue weighted by Crippen LogP contribution is 2.41. The van der Waals surface area contributed by atoms with Crippen LogP contribution in [0.3, 0.4) is 0 Å². The maximum atomic E-state index is 12.9. The van der Waals surface area contributed by atoms with Crippen molar-refractivity contribution in [2.24, 2.45) is 0 Å². The third-order valence-corrected chi connectivity index (χ3v) is 3.26. The number of ether oxygens (including phenoxy) is 1. The van der Waals surface area contributed by atoms with Crippen LogP contribution in [0.1, 0.15) is 20.3 Å². The molecule has 0 aliphatic carbocycles. The number of halogens is 7. The van der Waals surface area contributed by atoms with Crippen molar-refractivity contribution in [3.05, 3.63) is 0 Å². The van der Waals surface area contributed by atoms with Crippen molar-refractivity contribution in [2.45, 2.75) is 43.2 Å². The molecule has 1 N–H and O–H groups in total. The maximum absolute atomic E-state index is 12.9. The van der Waals surface area contributed by atoms with E-state index in [9.17, 15) is 39.2 Å². The SMILES string of the molecule is CC(C)(OCCC(F)(F)C(F)(F)S(=O)(=O)O)C(F)(F)F. The van der Waals surface area contributed by atoms with E-state index in [0.29, 0.717) is 13.8 Å². The Labute approximate surface area is 109 Å². The summed E-state index contributed by atoms with van der Waals surface area (Å²) in [7, 11) is -6.42. The first-order valence-corrected chi connectivity index (χ1v) is 6.33. The summed E-state index contributed by atoms with van der Waals surface area (Å²) in [5, 5.41) is -5.83. The average Bonchev–Trinajstić information content (AvgIpc) is 2.12. The molecule has 0 bridgehead atoms. The van der Waals surface area contributed by atoms with Crippen LogP contribution in [0.4, 0.5) is 30.7 Å². The Morgan fingerprint density at radius 3 is 1.70 bits per heavy atom. The van der Waals surface area contributed by atoms with Crippen molar-refractivity contribution in [1.29, 1.82) is 0 Å². The maximum Gasteiger partial charge on any atom is 0.431 e. The first-order valence-electron chi connectivity index (χ1n) is 4.89. The van der Waals surface area contributed by atoms with E-state index in [1.54, 1.807) is 0 Å². The molecular weight excluding hydrogens is 325 g/mol. The number of alkyl halides is 7. The zero-order valence-electron chi connectivity index (χ0n) is 10.1. The van der Waals surface area contributed by atoms with Gasteiger partial charge in [0.1, 0.15) is 0 Å². The Morgan fingerprint density at radius 1 is 1.00 bits per heavy atom. The van der Waals surface area contributed by atoms with Gasteiger partial charge in [-0.05, 0) is 13.8 Å². The topological polar surface area (TPSA) is 63.6 Å². The Bertz CT molecular complexity index is 440. The molecule has 0 fully saturated rings. The second-order valence-corrected chi connectivity index (χ2v) is 5.77. The number of hydrogen-bond acceptors (Lipinski definition) is 3. The zero-order valence-corrected chi connectivity index (χ0v) is 11.0. The lowest BCUT2D eigenvalue weighted by Gasteiger charge is -2.29. The Kier molecular flexibility index (Phi) is 5.13. The highest BCUT2D eigenvalue weighted by molar-refractivity contribution is 7.87. The van der Waals surface area contributed by atoms with Crippen LogP contribution in [0.15, 0.2) is 0 Å². The molecule has 12 heteroatoms. The van der Waals surface area contributed by atoms with E-state index in [4.69, 9.17) is 4.55 Å². The monoisotopic (exact) mass is 336 g/mol. The lowest BCUT2D eigenvalue weighted by atomic mass is 10.1. The van der Waals surface area contributed by atoms with Crippen LogP contribution in [0.5, 0.6) is 0 Å². The molecule has 0 aromatic heterocycles. The van der Waals surface area contributed by atoms with Crippen molar-refractivity contribution in [3.8, 4) is 0 Å². The Hall–Kier alpha value is -0.620. The second kappa shape index (κ2) is 5.30. The summed E-state index contributed by atoms with van der Waals surface area (Å²) in [6.45, 7) is -0.539. The molecule has 0 atom stereocenters. The fourth-order valence-corrected chi connectivity index (χ4v) is 1.33. The van der Waals surface area contributed by atoms with Gasteiger partial charge in [0.15, 0.2) is 5.60 Å². The highest BCUT2D eigenvalue weighted by atomic mass is 32.2. The van der Waals surface area contributed by atoms with Gasteiger partial charge in [0.25, 0.3) is 0 Å². The molecule has 0 unspecified atom stereocenters. The molecule has 0 aliphatic heterocycles. The van der Waals surface area contributed by atoms with Crippen molar-refractivity contribution in [1.82, 2.24) is 0 Å². The van der Waals surface area contributed by atoms with E-state index in [2.05, 4.69) is 4.74 Å². The molecule has 0 radical (unpaired) electrons. The normalized spacial score (nSPS) is 15.5. The summed E-state index contributed by atoms with van der Waals surface area (Å²) in [5.74, 6) is -5.29. The van der Waals surface area contributed by atoms with Gasteiger partial charge in [-0.3, -0.25) is 4.55 Å². The summed E-state index contributed by atoms with van der Waals surface area (Å²) in [5.41, 5.74) is -2.88. The summed E-state index contributed by atoms with van der Waals surface area (Å²) in [6, 6.07) is 0. The standard InChI is InChI=1S/C8H11F7O4S/c1-5(2,7(11,12)13)19-4-3-6(9,10)8(14,15)20(16,17)18/h3-4H2,1-2H3,(H,16,17,18). The molecule has 122 valence electrons. The van der Waals surface area contributed by atoms with Gasteiger partial charge in [0.05, 0.1) is 6.61 Å². The molecule has 4 nitrogen and oxygen atoms in total.